The zero-order valence-corrected chi connectivity index (χ0v) is 16.5. The summed E-state index contributed by atoms with van der Waals surface area (Å²) in [6.45, 7) is 6.59. The molecular weight excluding hydrogens is 356 g/mol. The summed E-state index contributed by atoms with van der Waals surface area (Å²) >= 11 is 0. The number of rotatable bonds is 3. The van der Waals surface area contributed by atoms with Crippen LogP contribution in [0.2, 0.25) is 0 Å². The summed E-state index contributed by atoms with van der Waals surface area (Å²) in [5.41, 5.74) is 1.36. The number of carbonyl (C=O) groups is 2. The van der Waals surface area contributed by atoms with Gasteiger partial charge >= 0.3 is 17.8 Å². The van der Waals surface area contributed by atoms with Crippen LogP contribution in [-0.4, -0.2) is 39.3 Å². The van der Waals surface area contributed by atoms with E-state index in [1.54, 1.807) is 41.6 Å². The van der Waals surface area contributed by atoms with Crippen molar-refractivity contribution in [2.45, 2.75) is 46.1 Å². The Morgan fingerprint density at radius 3 is 2.64 bits per heavy atom. The van der Waals surface area contributed by atoms with Crippen LogP contribution in [0, 0.1) is 12.8 Å². The SMILES string of the molecule is Cc1cc(Oc2ncccn2)ccc1NC(=O)C(=O)N1CC(C)CCCC1C. The summed E-state index contributed by atoms with van der Waals surface area (Å²) < 4.78 is 5.59. The molecule has 7 nitrogen and oxygen atoms in total. The first-order valence-electron chi connectivity index (χ1n) is 9.61. The van der Waals surface area contributed by atoms with Gasteiger partial charge in [0, 0.05) is 30.7 Å². The molecule has 2 unspecified atom stereocenters. The molecule has 1 saturated heterocycles. The fourth-order valence-electron chi connectivity index (χ4n) is 3.40. The molecule has 0 spiro atoms. The van der Waals surface area contributed by atoms with Gasteiger partial charge in [0.25, 0.3) is 0 Å². The molecule has 2 amide bonds. The standard InChI is InChI=1S/C21H26N4O3/c1-14-6-4-7-16(3)25(13-14)20(27)19(26)24-18-9-8-17(12-15(18)2)28-21-22-10-5-11-23-21/h5,8-12,14,16H,4,6-7,13H2,1-3H3,(H,24,26). The van der Waals surface area contributed by atoms with E-state index in [1.807, 2.05) is 13.8 Å². The number of anilines is 1. The minimum atomic E-state index is -0.607. The number of hydrogen-bond donors (Lipinski definition) is 1. The normalized spacial score (nSPS) is 19.6. The fourth-order valence-corrected chi connectivity index (χ4v) is 3.40. The van der Waals surface area contributed by atoms with E-state index >= 15 is 0 Å². The largest absolute Gasteiger partial charge is 0.424 e. The molecule has 0 bridgehead atoms. The Labute approximate surface area is 165 Å². The maximum Gasteiger partial charge on any atom is 0.321 e. The topological polar surface area (TPSA) is 84.4 Å². The van der Waals surface area contributed by atoms with Crippen LogP contribution in [0.4, 0.5) is 5.69 Å². The van der Waals surface area contributed by atoms with Crippen molar-refractivity contribution in [1.82, 2.24) is 14.9 Å². The molecule has 1 fully saturated rings. The number of hydrogen-bond acceptors (Lipinski definition) is 5. The summed E-state index contributed by atoms with van der Waals surface area (Å²) in [5.74, 6) is -0.120. The van der Waals surface area contributed by atoms with Crippen molar-refractivity contribution < 1.29 is 14.3 Å². The van der Waals surface area contributed by atoms with Gasteiger partial charge in [-0.05, 0) is 62.4 Å². The first kappa shape index (κ1) is 19.8. The van der Waals surface area contributed by atoms with E-state index in [4.69, 9.17) is 4.74 Å². The van der Waals surface area contributed by atoms with Crippen LogP contribution in [0.3, 0.4) is 0 Å². The Morgan fingerprint density at radius 1 is 1.18 bits per heavy atom. The minimum absolute atomic E-state index is 0.0749. The van der Waals surface area contributed by atoms with E-state index in [-0.39, 0.29) is 12.1 Å². The summed E-state index contributed by atoms with van der Waals surface area (Å²) in [6, 6.07) is 7.23. The summed E-state index contributed by atoms with van der Waals surface area (Å²) in [6.07, 6.45) is 6.29. The Hall–Kier alpha value is -2.96. The van der Waals surface area contributed by atoms with Crippen LogP contribution >= 0.6 is 0 Å². The van der Waals surface area contributed by atoms with Crippen molar-refractivity contribution in [3.05, 3.63) is 42.2 Å². The highest BCUT2D eigenvalue weighted by molar-refractivity contribution is 6.39. The molecule has 2 heterocycles. The number of likely N-dealkylation sites (tertiary alicyclic amines) is 1. The molecule has 1 aromatic carbocycles. The average Bonchev–Trinajstić information content (AvgIpc) is 2.84. The van der Waals surface area contributed by atoms with Crippen LogP contribution in [-0.2, 0) is 9.59 Å². The van der Waals surface area contributed by atoms with Crippen molar-refractivity contribution in [1.29, 1.82) is 0 Å². The predicted molar refractivity (Wildman–Crippen MR) is 106 cm³/mol. The third-order valence-electron chi connectivity index (χ3n) is 5.01. The van der Waals surface area contributed by atoms with Gasteiger partial charge in [-0.15, -0.1) is 0 Å². The highest BCUT2D eigenvalue weighted by atomic mass is 16.5. The molecule has 148 valence electrons. The van der Waals surface area contributed by atoms with Gasteiger partial charge in [0.05, 0.1) is 0 Å². The average molecular weight is 382 g/mol. The zero-order chi connectivity index (χ0) is 20.1. The highest BCUT2D eigenvalue weighted by Crippen LogP contribution is 2.25. The molecule has 0 aliphatic carbocycles. The van der Waals surface area contributed by atoms with Gasteiger partial charge in [0.15, 0.2) is 0 Å². The van der Waals surface area contributed by atoms with Crippen LogP contribution in [0.25, 0.3) is 0 Å². The maximum absolute atomic E-state index is 12.7. The van der Waals surface area contributed by atoms with E-state index < -0.39 is 11.8 Å². The molecule has 28 heavy (non-hydrogen) atoms. The zero-order valence-electron chi connectivity index (χ0n) is 16.5. The van der Waals surface area contributed by atoms with Crippen LogP contribution in [0.1, 0.15) is 38.7 Å². The quantitative estimate of drug-likeness (QED) is 0.821. The number of aromatic nitrogens is 2. The second-order valence-corrected chi connectivity index (χ2v) is 7.41. The molecule has 1 aromatic heterocycles. The molecule has 1 aliphatic rings. The Bertz CT molecular complexity index is 841. The molecule has 0 radical (unpaired) electrons. The molecule has 3 rings (SSSR count). The second-order valence-electron chi connectivity index (χ2n) is 7.41. The smallest absolute Gasteiger partial charge is 0.321 e. The van der Waals surface area contributed by atoms with Gasteiger partial charge in [-0.3, -0.25) is 9.59 Å². The number of nitrogens with one attached hydrogen (secondary N) is 1. The number of ether oxygens (including phenoxy) is 1. The van der Waals surface area contributed by atoms with E-state index in [0.29, 0.717) is 23.9 Å². The Balaban J connectivity index is 1.67. The first-order valence-corrected chi connectivity index (χ1v) is 9.61. The number of aryl methyl sites for hydroxylation is 1. The van der Waals surface area contributed by atoms with Gasteiger partial charge in [-0.2, -0.15) is 0 Å². The predicted octanol–water partition coefficient (Wildman–Crippen LogP) is 3.55. The van der Waals surface area contributed by atoms with Crippen molar-refractivity contribution >= 4 is 17.5 Å². The third kappa shape index (κ3) is 4.85. The molecule has 1 aliphatic heterocycles. The van der Waals surface area contributed by atoms with Crippen LogP contribution in [0.5, 0.6) is 11.8 Å². The number of amides is 2. The lowest BCUT2D eigenvalue weighted by Crippen LogP contribution is -2.45. The second kappa shape index (κ2) is 8.82. The van der Waals surface area contributed by atoms with Crippen molar-refractivity contribution in [3.63, 3.8) is 0 Å². The van der Waals surface area contributed by atoms with E-state index in [2.05, 4.69) is 22.2 Å². The minimum Gasteiger partial charge on any atom is -0.424 e. The lowest BCUT2D eigenvalue weighted by Gasteiger charge is -2.28. The molecule has 2 atom stereocenters. The van der Waals surface area contributed by atoms with Crippen LogP contribution in [0.15, 0.2) is 36.7 Å². The molecule has 7 heteroatoms. The molecule has 2 aromatic rings. The summed E-state index contributed by atoms with van der Waals surface area (Å²) in [4.78, 5) is 35.0. The molecule has 1 N–H and O–H groups in total. The van der Waals surface area contributed by atoms with Gasteiger partial charge in [0.1, 0.15) is 5.75 Å². The maximum atomic E-state index is 12.7. The lowest BCUT2D eigenvalue weighted by molar-refractivity contribution is -0.144. The lowest BCUT2D eigenvalue weighted by atomic mass is 10.1. The van der Waals surface area contributed by atoms with Crippen LogP contribution < -0.4 is 10.1 Å². The molecular formula is C21H26N4O3. The van der Waals surface area contributed by atoms with E-state index in [0.717, 1.165) is 24.8 Å². The fraction of sp³-hybridized carbons (Fsp3) is 0.429. The van der Waals surface area contributed by atoms with Gasteiger partial charge in [0.2, 0.25) is 0 Å². The number of nitrogens with zero attached hydrogens (tertiary/aromatic N) is 3. The third-order valence-corrected chi connectivity index (χ3v) is 5.01. The van der Waals surface area contributed by atoms with Crippen molar-refractivity contribution in [2.75, 3.05) is 11.9 Å². The van der Waals surface area contributed by atoms with Gasteiger partial charge in [-0.1, -0.05) is 13.3 Å². The van der Waals surface area contributed by atoms with E-state index in [1.165, 1.54) is 0 Å². The highest BCUT2D eigenvalue weighted by Gasteiger charge is 2.29. The van der Waals surface area contributed by atoms with Crippen molar-refractivity contribution in [2.24, 2.45) is 5.92 Å². The summed E-state index contributed by atoms with van der Waals surface area (Å²) in [5, 5.41) is 2.74. The Kier molecular flexibility index (Phi) is 6.23. The first-order chi connectivity index (χ1) is 13.4. The summed E-state index contributed by atoms with van der Waals surface area (Å²) in [7, 11) is 0. The van der Waals surface area contributed by atoms with Gasteiger partial charge < -0.3 is 15.0 Å². The van der Waals surface area contributed by atoms with Gasteiger partial charge in [-0.25, -0.2) is 9.97 Å². The number of benzene rings is 1. The number of carbonyl (C=O) groups excluding carboxylic acids is 2. The van der Waals surface area contributed by atoms with E-state index in [9.17, 15) is 9.59 Å². The van der Waals surface area contributed by atoms with Crippen molar-refractivity contribution in [3.8, 4) is 11.8 Å². The Morgan fingerprint density at radius 2 is 1.93 bits per heavy atom. The monoisotopic (exact) mass is 382 g/mol. The molecule has 0 saturated carbocycles.